The molecule has 8 N–H and O–H groups in total. The van der Waals surface area contributed by atoms with Gasteiger partial charge in [0.2, 0.25) is 11.6 Å². The molecule has 0 saturated carbocycles. The van der Waals surface area contributed by atoms with Crippen molar-refractivity contribution < 1.29 is 90.5 Å². The number of nitrogens with zero attached hydrogens (tertiary/aromatic N) is 2. The molecule has 0 unspecified atom stereocenters. The van der Waals surface area contributed by atoms with Crippen LogP contribution in [0.2, 0.25) is 0 Å². The molecule has 0 amide bonds. The van der Waals surface area contributed by atoms with Crippen LogP contribution in [0.25, 0.3) is 12.2 Å². The first-order valence-electron chi connectivity index (χ1n) is 17.6. The number of hydrogen-bond donors (Lipinski definition) is 8. The van der Waals surface area contributed by atoms with E-state index in [1.807, 2.05) is 0 Å². The Morgan fingerprint density at radius 1 is 0.485 bits per heavy atom. The van der Waals surface area contributed by atoms with E-state index in [-0.39, 0.29) is 22.5 Å². The van der Waals surface area contributed by atoms with Crippen LogP contribution in [0.15, 0.2) is 66.0 Å². The Morgan fingerprint density at radius 2 is 0.794 bits per heavy atom. The van der Waals surface area contributed by atoms with Gasteiger partial charge >= 0.3 is 11.9 Å². The molecule has 0 atom stereocenters. The van der Waals surface area contributed by atoms with Crippen LogP contribution in [0.1, 0.15) is 52.6 Å². The number of hydrazone groups is 2. The molecule has 0 saturated heterocycles. The lowest BCUT2D eigenvalue weighted by molar-refractivity contribution is 0.0672. The summed E-state index contributed by atoms with van der Waals surface area (Å²) in [5.74, 6) is -26.6. The quantitative estimate of drug-likeness (QED) is 0.0266. The summed E-state index contributed by atoms with van der Waals surface area (Å²) < 4.78 is 184. The number of anilines is 6. The Labute approximate surface area is 369 Å². The van der Waals surface area contributed by atoms with Crippen molar-refractivity contribution in [1.82, 2.24) is 0 Å². The lowest BCUT2D eigenvalue weighted by atomic mass is 9.94. The van der Waals surface area contributed by atoms with Gasteiger partial charge in [0, 0.05) is 22.5 Å². The van der Waals surface area contributed by atoms with E-state index in [2.05, 4.69) is 20.8 Å². The molecule has 2 aliphatic carbocycles. The topological polar surface area (TPSA) is 324 Å². The molecule has 20 nitrogen and oxygen atoms in total. The molecule has 0 heterocycles. The van der Waals surface area contributed by atoms with E-state index < -0.39 is 167 Å². The number of carboxylic acids is 2. The SMILES string of the molecule is O=C1/C(=N\Nc2c(F)c(F)c(C(=O)O)c(F)c2F)C(S(=O)(=O)O)=Cc2cc(Nc3c(Nc4ccc5c(c4)C=C(S(=O)(=O)O)/C(=N/Nc4c(F)c(F)c(C(=O)O)c(F)c4F)C5=O)c(=O)c3=O)ccc21. The molecule has 2 aliphatic rings. The average Bonchev–Trinajstić information content (AvgIpc) is 3.26. The minimum atomic E-state index is -5.48. The van der Waals surface area contributed by atoms with E-state index in [9.17, 15) is 89.8 Å². The molecular weight excluding hydrogens is 981 g/mol. The first-order valence-corrected chi connectivity index (χ1v) is 20.5. The van der Waals surface area contributed by atoms with Gasteiger partial charge in [-0.15, -0.1) is 0 Å². The van der Waals surface area contributed by atoms with Gasteiger partial charge in [-0.3, -0.25) is 39.1 Å². The summed E-state index contributed by atoms with van der Waals surface area (Å²) in [5, 5.41) is 29.2. The number of fused-ring (bicyclic) bond motifs is 2. The highest BCUT2D eigenvalue weighted by Crippen LogP contribution is 2.35. The number of hydrogen-bond acceptors (Lipinski definition) is 16. The number of ketones is 2. The third-order valence-electron chi connectivity index (χ3n) is 9.58. The molecule has 7 rings (SSSR count). The van der Waals surface area contributed by atoms with Crippen LogP contribution >= 0.6 is 0 Å². The molecule has 0 spiro atoms. The Hall–Kier alpha value is -8.48. The first kappa shape index (κ1) is 47.5. The number of nitrogens with one attached hydrogen (secondary N) is 4. The van der Waals surface area contributed by atoms with Crippen molar-refractivity contribution >= 4 is 101 Å². The number of carbonyl (C=O) groups is 4. The van der Waals surface area contributed by atoms with Crippen LogP contribution in [-0.4, -0.2) is 71.1 Å². The van der Waals surface area contributed by atoms with Crippen LogP contribution in [-0.2, 0) is 20.2 Å². The minimum absolute atomic E-state index is 0.176. The van der Waals surface area contributed by atoms with Crippen LogP contribution in [0.5, 0.6) is 0 Å². The van der Waals surface area contributed by atoms with E-state index in [0.717, 1.165) is 36.4 Å². The van der Waals surface area contributed by atoms with Crippen molar-refractivity contribution in [3.8, 4) is 0 Å². The largest absolute Gasteiger partial charge is 0.477 e. The van der Waals surface area contributed by atoms with Gasteiger partial charge in [-0.1, -0.05) is 0 Å². The van der Waals surface area contributed by atoms with Crippen molar-refractivity contribution in [3.05, 3.63) is 147 Å². The lowest BCUT2D eigenvalue weighted by Gasteiger charge is -2.20. The predicted molar refractivity (Wildman–Crippen MR) is 217 cm³/mol. The van der Waals surface area contributed by atoms with E-state index in [1.165, 1.54) is 10.9 Å². The van der Waals surface area contributed by atoms with Gasteiger partial charge in [0.1, 0.15) is 43.7 Å². The van der Waals surface area contributed by atoms with E-state index in [0.29, 0.717) is 12.2 Å². The summed E-state index contributed by atoms with van der Waals surface area (Å²) in [4.78, 5) is 71.6. The second-order valence-electron chi connectivity index (χ2n) is 13.7. The van der Waals surface area contributed by atoms with E-state index in [4.69, 9.17) is 10.2 Å². The molecule has 68 heavy (non-hydrogen) atoms. The van der Waals surface area contributed by atoms with Crippen LogP contribution in [0.4, 0.5) is 69.2 Å². The van der Waals surface area contributed by atoms with E-state index >= 15 is 0 Å². The maximum Gasteiger partial charge on any atom is 0.341 e. The van der Waals surface area contributed by atoms with Gasteiger partial charge in [-0.2, -0.15) is 27.0 Å². The second kappa shape index (κ2) is 16.7. The van der Waals surface area contributed by atoms with Crippen LogP contribution in [0.3, 0.4) is 0 Å². The molecule has 5 aromatic rings. The smallest absolute Gasteiger partial charge is 0.341 e. The molecule has 350 valence electrons. The number of allylic oxidation sites excluding steroid dienone is 2. The number of aromatic carboxylic acids is 2. The predicted octanol–water partition coefficient (Wildman–Crippen LogP) is 5.07. The zero-order valence-electron chi connectivity index (χ0n) is 32.2. The fourth-order valence-corrected chi connectivity index (χ4v) is 7.73. The summed E-state index contributed by atoms with van der Waals surface area (Å²) in [6.07, 6.45) is 1.17. The molecule has 0 aliphatic heterocycles. The Kier molecular flexibility index (Phi) is 11.7. The van der Waals surface area contributed by atoms with Gasteiger partial charge in [0.05, 0.1) is 0 Å². The van der Waals surface area contributed by atoms with Crippen LogP contribution < -0.4 is 32.3 Å². The van der Waals surface area contributed by atoms with Gasteiger partial charge in [0.15, 0.2) is 58.0 Å². The first-order chi connectivity index (χ1) is 31.6. The number of halogens is 8. The van der Waals surface area contributed by atoms with Crippen LogP contribution in [0, 0.1) is 46.5 Å². The fourth-order valence-electron chi connectivity index (χ4n) is 6.41. The summed E-state index contributed by atoms with van der Waals surface area (Å²) in [7, 11) is -11.0. The monoisotopic (exact) mass is 996 g/mol. The molecule has 30 heteroatoms. The lowest BCUT2D eigenvalue weighted by Crippen LogP contribution is -2.36. The molecule has 5 aromatic carbocycles. The van der Waals surface area contributed by atoms with Crippen molar-refractivity contribution in [2.24, 2.45) is 10.2 Å². The zero-order valence-corrected chi connectivity index (χ0v) is 33.9. The summed E-state index contributed by atoms with van der Waals surface area (Å²) >= 11 is 0. The van der Waals surface area contributed by atoms with Crippen molar-refractivity contribution in [2.45, 2.75) is 0 Å². The van der Waals surface area contributed by atoms with Gasteiger partial charge in [-0.25, -0.2) is 44.7 Å². The van der Waals surface area contributed by atoms with Gasteiger partial charge < -0.3 is 20.8 Å². The van der Waals surface area contributed by atoms with Gasteiger partial charge in [0.25, 0.3) is 31.1 Å². The molecular formula is C38H16F8N6O14S2. The Bertz CT molecular complexity index is 3370. The molecule has 0 aromatic heterocycles. The highest BCUT2D eigenvalue weighted by molar-refractivity contribution is 7.91. The average molecular weight is 997 g/mol. The van der Waals surface area contributed by atoms with E-state index in [1.54, 1.807) is 0 Å². The van der Waals surface area contributed by atoms with Crippen molar-refractivity contribution in [2.75, 3.05) is 21.5 Å². The maximum absolute atomic E-state index is 14.5. The third-order valence-corrected chi connectivity index (χ3v) is 11.3. The molecule has 0 radical (unpaired) electrons. The standard InChI is InChI=1S/C38H16F8N6O14S2/c39-19-17(37(57)58)20(40)24(44)29(23(19)43)51-49-27-15(67(61,62)63)7-9-5-11(1-3-13(9)33(27)53)47-31-32(36(56)35(31)55)48-12-2-4-14-10(6-12)8-16(68(64,65)66)28(34(14)54)50-52-30-25(45)21(41)18(38(59)60)22(42)26(30)46/h1-8,47-48,51-52H,(H,57,58)(H,59,60)(H,61,62,63)(H,64,65,66)/b49-27-,50-28-. The molecule has 0 bridgehead atoms. The summed E-state index contributed by atoms with van der Waals surface area (Å²) in [5.41, 5.74) is -12.8. The number of carbonyl (C=O) groups excluding carboxylic acids is 2. The number of rotatable bonds is 12. The van der Waals surface area contributed by atoms with Crippen molar-refractivity contribution in [1.29, 1.82) is 0 Å². The molecule has 0 fully saturated rings. The highest BCUT2D eigenvalue weighted by Gasteiger charge is 2.37. The number of Topliss-reactive ketones (excluding diaryl/α,β-unsaturated/α-hetero) is 2. The Morgan fingerprint density at radius 3 is 1.07 bits per heavy atom. The number of benzene rings is 4. The van der Waals surface area contributed by atoms with Gasteiger partial charge in [-0.05, 0) is 59.7 Å². The zero-order chi connectivity index (χ0) is 50.2. The fraction of sp³-hybridized carbons (Fsp3) is 0. The normalized spacial score (nSPS) is 14.9. The Balaban J connectivity index is 1.17. The number of carboxylic acid groups (broad SMARTS) is 2. The highest BCUT2D eigenvalue weighted by atomic mass is 32.2. The summed E-state index contributed by atoms with van der Waals surface area (Å²) in [6, 6.07) is 6.00. The third kappa shape index (κ3) is 8.00. The maximum atomic E-state index is 14.5. The minimum Gasteiger partial charge on any atom is -0.477 e. The van der Waals surface area contributed by atoms with Crippen molar-refractivity contribution in [3.63, 3.8) is 0 Å². The second-order valence-corrected chi connectivity index (χ2v) is 16.4. The summed E-state index contributed by atoms with van der Waals surface area (Å²) in [6.45, 7) is 0.